The largest absolute Gasteiger partial charge is 0.388 e. The van der Waals surface area contributed by atoms with Crippen molar-refractivity contribution in [2.24, 2.45) is 0 Å². The van der Waals surface area contributed by atoms with Gasteiger partial charge >= 0.3 is 0 Å². The third kappa shape index (κ3) is 2.06. The van der Waals surface area contributed by atoms with E-state index in [1.165, 1.54) is 0 Å². The van der Waals surface area contributed by atoms with E-state index >= 15 is 0 Å². The fraction of sp³-hybridized carbons (Fsp3) is 0.462. The zero-order chi connectivity index (χ0) is 11.7. The zero-order valence-corrected chi connectivity index (χ0v) is 9.74. The van der Waals surface area contributed by atoms with Crippen LogP contribution in [0.2, 0.25) is 0 Å². The molecule has 3 N–H and O–H groups in total. The summed E-state index contributed by atoms with van der Waals surface area (Å²) in [5.74, 6) is 0. The Hall–Kier alpha value is -1.39. The monoisotopic (exact) mass is 231 g/mol. The zero-order valence-electron chi connectivity index (χ0n) is 9.74. The molecule has 0 saturated carbocycles. The average molecular weight is 231 g/mol. The molecule has 0 aliphatic carbocycles. The number of aromatic nitrogens is 2. The molecule has 1 aromatic heterocycles. The summed E-state index contributed by atoms with van der Waals surface area (Å²) in [6, 6.07) is 8.01. The molecule has 1 atom stereocenters. The van der Waals surface area contributed by atoms with Crippen molar-refractivity contribution in [3.8, 4) is 0 Å². The third-order valence-corrected chi connectivity index (χ3v) is 3.50. The number of benzene rings is 1. The molecule has 90 valence electrons. The summed E-state index contributed by atoms with van der Waals surface area (Å²) >= 11 is 0. The number of fused-ring (bicyclic) bond motifs is 1. The van der Waals surface area contributed by atoms with Crippen LogP contribution in [0.3, 0.4) is 0 Å². The van der Waals surface area contributed by atoms with E-state index in [-0.39, 0.29) is 0 Å². The highest BCUT2D eigenvalue weighted by Gasteiger charge is 2.30. The van der Waals surface area contributed by atoms with Crippen molar-refractivity contribution < 1.29 is 5.11 Å². The maximum atomic E-state index is 10.5. The van der Waals surface area contributed by atoms with Crippen molar-refractivity contribution >= 4 is 10.9 Å². The summed E-state index contributed by atoms with van der Waals surface area (Å²) in [6.45, 7) is 1.67. The normalized spacial score (nSPS) is 25.2. The van der Waals surface area contributed by atoms with Crippen molar-refractivity contribution in [1.29, 1.82) is 0 Å². The highest BCUT2D eigenvalue weighted by molar-refractivity contribution is 5.81. The number of aliphatic hydroxyl groups is 1. The second-order valence-corrected chi connectivity index (χ2v) is 4.90. The van der Waals surface area contributed by atoms with Crippen molar-refractivity contribution in [2.45, 2.75) is 24.9 Å². The molecule has 2 aromatic rings. The summed E-state index contributed by atoms with van der Waals surface area (Å²) in [7, 11) is 0. The molecule has 0 bridgehead atoms. The lowest BCUT2D eigenvalue weighted by atomic mass is 9.89. The number of nitrogens with zero attached hydrogens (tertiary/aromatic N) is 1. The predicted octanol–water partition coefficient (Wildman–Crippen LogP) is 1.22. The van der Waals surface area contributed by atoms with Gasteiger partial charge in [0.15, 0.2) is 0 Å². The van der Waals surface area contributed by atoms with Gasteiger partial charge in [-0.3, -0.25) is 5.10 Å². The van der Waals surface area contributed by atoms with Gasteiger partial charge in [0.2, 0.25) is 0 Å². The van der Waals surface area contributed by atoms with Crippen molar-refractivity contribution in [3.05, 3.63) is 30.0 Å². The molecule has 0 amide bonds. The number of hydrogen-bond donors (Lipinski definition) is 3. The van der Waals surface area contributed by atoms with Crippen molar-refractivity contribution in [3.63, 3.8) is 0 Å². The lowest BCUT2D eigenvalue weighted by molar-refractivity contribution is 0.0163. The first-order chi connectivity index (χ1) is 8.27. The van der Waals surface area contributed by atoms with Crippen LogP contribution in [0, 0.1) is 0 Å². The average Bonchev–Trinajstić information content (AvgIpc) is 2.73. The minimum atomic E-state index is -0.631. The molecule has 1 fully saturated rings. The summed E-state index contributed by atoms with van der Waals surface area (Å²) < 4.78 is 0. The summed E-state index contributed by atoms with van der Waals surface area (Å²) in [4.78, 5) is 0. The Bertz CT molecular complexity index is 514. The highest BCUT2D eigenvalue weighted by atomic mass is 16.3. The first kappa shape index (κ1) is 10.7. The molecular formula is C13H17N3O. The smallest absolute Gasteiger partial charge is 0.0923 e. The maximum Gasteiger partial charge on any atom is 0.0923 e. The van der Waals surface area contributed by atoms with Crippen molar-refractivity contribution in [2.75, 3.05) is 13.1 Å². The molecule has 17 heavy (non-hydrogen) atoms. The minimum Gasteiger partial charge on any atom is -0.388 e. The molecule has 1 aliphatic heterocycles. The Labute approximate surface area is 100 Å². The van der Waals surface area contributed by atoms with Crippen LogP contribution in [0.4, 0.5) is 0 Å². The van der Waals surface area contributed by atoms with E-state index in [2.05, 4.69) is 15.5 Å². The van der Waals surface area contributed by atoms with E-state index in [1.807, 2.05) is 24.3 Å². The van der Waals surface area contributed by atoms with E-state index in [0.29, 0.717) is 13.0 Å². The summed E-state index contributed by atoms with van der Waals surface area (Å²) in [5, 5.41) is 22.2. The summed E-state index contributed by atoms with van der Waals surface area (Å²) in [5.41, 5.74) is 1.37. The maximum absolute atomic E-state index is 10.5. The van der Waals surface area contributed by atoms with Crippen molar-refractivity contribution in [1.82, 2.24) is 15.5 Å². The van der Waals surface area contributed by atoms with Gasteiger partial charge in [0, 0.05) is 24.0 Å². The van der Waals surface area contributed by atoms with Gasteiger partial charge in [0.05, 0.1) is 11.1 Å². The molecule has 0 radical (unpaired) electrons. The Morgan fingerprint density at radius 2 is 2.24 bits per heavy atom. The first-order valence-corrected chi connectivity index (χ1v) is 6.12. The third-order valence-electron chi connectivity index (χ3n) is 3.50. The number of rotatable bonds is 2. The van der Waals surface area contributed by atoms with E-state index in [1.54, 1.807) is 0 Å². The Morgan fingerprint density at radius 3 is 3.06 bits per heavy atom. The molecule has 4 heteroatoms. The lowest BCUT2D eigenvalue weighted by Crippen LogP contribution is -2.47. The quantitative estimate of drug-likeness (QED) is 0.728. The van der Waals surface area contributed by atoms with Gasteiger partial charge < -0.3 is 10.4 Å². The first-order valence-electron chi connectivity index (χ1n) is 6.12. The van der Waals surface area contributed by atoms with Gasteiger partial charge in [-0.1, -0.05) is 18.2 Å². The molecule has 1 aromatic carbocycles. The van der Waals surface area contributed by atoms with Gasteiger partial charge in [-0.25, -0.2) is 0 Å². The Morgan fingerprint density at radius 1 is 1.35 bits per heavy atom. The minimum absolute atomic E-state index is 0.631. The van der Waals surface area contributed by atoms with Crippen LogP contribution < -0.4 is 5.32 Å². The number of H-pyrrole nitrogens is 1. The molecule has 3 rings (SSSR count). The van der Waals surface area contributed by atoms with Crippen LogP contribution in [-0.4, -0.2) is 34.0 Å². The van der Waals surface area contributed by atoms with Gasteiger partial charge in [0.1, 0.15) is 0 Å². The van der Waals surface area contributed by atoms with Gasteiger partial charge in [-0.15, -0.1) is 0 Å². The second-order valence-electron chi connectivity index (χ2n) is 4.90. The second kappa shape index (κ2) is 4.13. The Balaban J connectivity index is 1.89. The molecule has 1 saturated heterocycles. The predicted molar refractivity (Wildman–Crippen MR) is 66.9 cm³/mol. The fourth-order valence-electron chi connectivity index (χ4n) is 2.58. The van der Waals surface area contributed by atoms with E-state index in [9.17, 15) is 5.11 Å². The number of para-hydroxylation sites is 1. The van der Waals surface area contributed by atoms with E-state index < -0.39 is 5.60 Å². The molecule has 4 nitrogen and oxygen atoms in total. The van der Waals surface area contributed by atoms with Crippen LogP contribution in [0.1, 0.15) is 18.5 Å². The molecular weight excluding hydrogens is 214 g/mol. The van der Waals surface area contributed by atoms with Crippen LogP contribution in [-0.2, 0) is 6.42 Å². The molecule has 1 unspecified atom stereocenters. The molecule has 1 aliphatic rings. The Kier molecular flexibility index (Phi) is 2.61. The van der Waals surface area contributed by atoms with E-state index in [0.717, 1.165) is 36.0 Å². The van der Waals surface area contributed by atoms with Crippen LogP contribution in [0.25, 0.3) is 10.9 Å². The van der Waals surface area contributed by atoms with Crippen LogP contribution in [0.15, 0.2) is 24.3 Å². The molecule has 2 heterocycles. The van der Waals surface area contributed by atoms with E-state index in [4.69, 9.17) is 0 Å². The number of nitrogens with one attached hydrogen (secondary N) is 2. The topological polar surface area (TPSA) is 60.9 Å². The highest BCUT2D eigenvalue weighted by Crippen LogP contribution is 2.24. The van der Waals surface area contributed by atoms with Gasteiger partial charge in [-0.2, -0.15) is 5.10 Å². The standard InChI is InChI=1S/C13H17N3O/c17-13(6-3-7-14-9-13)8-12-10-4-1-2-5-11(10)15-16-12/h1-2,4-5,14,17H,3,6-9H2,(H,15,16). The lowest BCUT2D eigenvalue weighted by Gasteiger charge is -2.32. The van der Waals surface area contributed by atoms with Gasteiger partial charge in [0.25, 0.3) is 0 Å². The number of piperidine rings is 1. The number of hydrogen-bond acceptors (Lipinski definition) is 3. The number of β-amino-alcohol motifs (C(OH)–C–C–N with tert-alkyl or cyclic N) is 1. The SMILES string of the molecule is OC1(Cc2[nH]nc3ccccc23)CCCNC1. The van der Waals surface area contributed by atoms with Gasteiger partial charge in [-0.05, 0) is 25.5 Å². The summed E-state index contributed by atoms with van der Waals surface area (Å²) in [6.07, 6.45) is 2.52. The number of aromatic amines is 1. The van der Waals surface area contributed by atoms with Crippen LogP contribution >= 0.6 is 0 Å². The fourth-order valence-corrected chi connectivity index (χ4v) is 2.58. The molecule has 0 spiro atoms. The van der Waals surface area contributed by atoms with Crippen LogP contribution in [0.5, 0.6) is 0 Å².